The molecule has 2 aliphatic rings. The van der Waals surface area contributed by atoms with Gasteiger partial charge in [-0.1, -0.05) is 18.2 Å². The monoisotopic (exact) mass is 319 g/mol. The van der Waals surface area contributed by atoms with E-state index in [0.29, 0.717) is 37.8 Å². The molecule has 0 atom stereocenters. The number of rotatable bonds is 5. The summed E-state index contributed by atoms with van der Waals surface area (Å²) < 4.78 is 13.9. The second kappa shape index (κ2) is 6.69. The summed E-state index contributed by atoms with van der Waals surface area (Å²) in [5.74, 6) is -1.40. The minimum atomic E-state index is -0.763. The van der Waals surface area contributed by atoms with E-state index in [9.17, 15) is 14.0 Å². The van der Waals surface area contributed by atoms with Crippen LogP contribution in [0.15, 0.2) is 24.3 Å². The fourth-order valence-corrected chi connectivity index (χ4v) is 3.41. The first-order valence-electron chi connectivity index (χ1n) is 8.33. The molecule has 5 heteroatoms. The lowest BCUT2D eigenvalue weighted by atomic mass is 9.81. The minimum absolute atomic E-state index is 0.0691. The van der Waals surface area contributed by atoms with Gasteiger partial charge < -0.3 is 10.0 Å². The van der Waals surface area contributed by atoms with Crippen molar-refractivity contribution >= 4 is 11.9 Å². The summed E-state index contributed by atoms with van der Waals surface area (Å²) in [4.78, 5) is 25.7. The van der Waals surface area contributed by atoms with Gasteiger partial charge in [0.15, 0.2) is 0 Å². The Labute approximate surface area is 135 Å². The molecule has 0 heterocycles. The predicted octanol–water partition coefficient (Wildman–Crippen LogP) is 3.21. The Morgan fingerprint density at radius 2 is 1.65 bits per heavy atom. The predicted molar refractivity (Wildman–Crippen MR) is 83.1 cm³/mol. The molecule has 23 heavy (non-hydrogen) atoms. The number of carboxylic acid groups (broad SMARTS) is 1. The average Bonchev–Trinajstić information content (AvgIpc) is 3.38. The Morgan fingerprint density at radius 3 is 2.22 bits per heavy atom. The number of aliphatic carboxylic acids is 1. The Hall–Kier alpha value is -1.91. The molecule has 0 aromatic heterocycles. The van der Waals surface area contributed by atoms with Crippen molar-refractivity contribution in [2.75, 3.05) is 0 Å². The third kappa shape index (κ3) is 3.71. The van der Waals surface area contributed by atoms with Crippen LogP contribution in [0.25, 0.3) is 0 Å². The highest BCUT2D eigenvalue weighted by Gasteiger charge is 2.38. The van der Waals surface area contributed by atoms with Crippen molar-refractivity contribution < 1.29 is 19.1 Å². The molecule has 0 bridgehead atoms. The number of amides is 1. The van der Waals surface area contributed by atoms with E-state index in [-0.39, 0.29) is 29.6 Å². The molecule has 2 aliphatic carbocycles. The first kappa shape index (κ1) is 16.0. The largest absolute Gasteiger partial charge is 0.481 e. The third-order valence-electron chi connectivity index (χ3n) is 4.99. The summed E-state index contributed by atoms with van der Waals surface area (Å²) in [5.41, 5.74) is 0.548. The lowest BCUT2D eigenvalue weighted by Gasteiger charge is -2.31. The van der Waals surface area contributed by atoms with Crippen molar-refractivity contribution in [3.05, 3.63) is 35.6 Å². The first-order chi connectivity index (χ1) is 11.1. The van der Waals surface area contributed by atoms with Gasteiger partial charge in [-0.3, -0.25) is 9.59 Å². The molecule has 1 N–H and O–H groups in total. The number of nitrogens with zero attached hydrogens (tertiary/aromatic N) is 1. The van der Waals surface area contributed by atoms with Crippen molar-refractivity contribution in [3.8, 4) is 0 Å². The van der Waals surface area contributed by atoms with Crippen molar-refractivity contribution in [1.82, 2.24) is 4.90 Å². The summed E-state index contributed by atoms with van der Waals surface area (Å²) in [7, 11) is 0. The van der Waals surface area contributed by atoms with Crippen LogP contribution in [0.5, 0.6) is 0 Å². The van der Waals surface area contributed by atoms with E-state index in [0.717, 1.165) is 12.8 Å². The van der Waals surface area contributed by atoms with Crippen molar-refractivity contribution in [3.63, 3.8) is 0 Å². The van der Waals surface area contributed by atoms with Crippen molar-refractivity contribution in [2.45, 2.75) is 51.1 Å². The number of carbonyl (C=O) groups is 2. The maximum Gasteiger partial charge on any atom is 0.306 e. The van der Waals surface area contributed by atoms with E-state index in [1.807, 2.05) is 4.90 Å². The third-order valence-corrected chi connectivity index (χ3v) is 4.99. The zero-order valence-corrected chi connectivity index (χ0v) is 13.1. The van der Waals surface area contributed by atoms with Crippen LogP contribution in [0.1, 0.15) is 44.1 Å². The number of carboxylic acids is 1. The maximum atomic E-state index is 13.9. The van der Waals surface area contributed by atoms with Crippen molar-refractivity contribution in [2.24, 2.45) is 11.8 Å². The Morgan fingerprint density at radius 1 is 1.04 bits per heavy atom. The summed E-state index contributed by atoms with van der Waals surface area (Å²) >= 11 is 0. The minimum Gasteiger partial charge on any atom is -0.481 e. The molecule has 2 fully saturated rings. The normalized spacial score (nSPS) is 24.2. The molecule has 0 aliphatic heterocycles. The number of hydrogen-bond donors (Lipinski definition) is 1. The van der Waals surface area contributed by atoms with Gasteiger partial charge in [-0.25, -0.2) is 4.39 Å². The molecule has 1 aromatic carbocycles. The number of benzene rings is 1. The molecule has 0 saturated heterocycles. The van der Waals surface area contributed by atoms with E-state index in [2.05, 4.69) is 0 Å². The smallest absolute Gasteiger partial charge is 0.306 e. The Kier molecular flexibility index (Phi) is 4.64. The summed E-state index contributed by atoms with van der Waals surface area (Å²) in [6.45, 7) is 0.315. The van der Waals surface area contributed by atoms with Gasteiger partial charge in [0.25, 0.3) is 0 Å². The lowest BCUT2D eigenvalue weighted by Crippen LogP contribution is -2.39. The van der Waals surface area contributed by atoms with Crippen LogP contribution in [0, 0.1) is 17.7 Å². The van der Waals surface area contributed by atoms with Gasteiger partial charge in [0.2, 0.25) is 5.91 Å². The zero-order chi connectivity index (χ0) is 16.4. The molecule has 4 nitrogen and oxygen atoms in total. The molecule has 124 valence electrons. The van der Waals surface area contributed by atoms with Crippen LogP contribution in [0.2, 0.25) is 0 Å². The standard InChI is InChI=1S/C18H22FNO3/c19-16-4-2-1-3-14(16)11-20(15-9-10-15)17(21)12-5-7-13(8-6-12)18(22)23/h1-4,12-13,15H,5-11H2,(H,22,23). The summed E-state index contributed by atoms with van der Waals surface area (Å²) in [5, 5.41) is 9.06. The van der Waals surface area contributed by atoms with Gasteiger partial charge in [-0.15, -0.1) is 0 Å². The number of carbonyl (C=O) groups excluding carboxylic acids is 1. The van der Waals surface area contributed by atoms with Crippen LogP contribution < -0.4 is 0 Å². The maximum absolute atomic E-state index is 13.9. The number of hydrogen-bond acceptors (Lipinski definition) is 2. The number of halogens is 1. The van der Waals surface area contributed by atoms with Crippen LogP contribution >= 0.6 is 0 Å². The first-order valence-corrected chi connectivity index (χ1v) is 8.33. The zero-order valence-electron chi connectivity index (χ0n) is 13.1. The Balaban J connectivity index is 1.66. The average molecular weight is 319 g/mol. The molecule has 0 radical (unpaired) electrons. The van der Waals surface area contributed by atoms with Gasteiger partial charge in [-0.05, 0) is 44.6 Å². The highest BCUT2D eigenvalue weighted by atomic mass is 19.1. The van der Waals surface area contributed by atoms with Gasteiger partial charge in [0, 0.05) is 24.1 Å². The van der Waals surface area contributed by atoms with Gasteiger partial charge in [-0.2, -0.15) is 0 Å². The van der Waals surface area contributed by atoms with Crippen LogP contribution in [0.3, 0.4) is 0 Å². The van der Waals surface area contributed by atoms with Gasteiger partial charge >= 0.3 is 5.97 Å². The van der Waals surface area contributed by atoms with E-state index in [4.69, 9.17) is 5.11 Å². The van der Waals surface area contributed by atoms with Crippen LogP contribution in [-0.4, -0.2) is 27.9 Å². The molecular weight excluding hydrogens is 297 g/mol. The summed E-state index contributed by atoms with van der Waals surface area (Å²) in [6, 6.07) is 6.79. The SMILES string of the molecule is O=C(O)C1CCC(C(=O)N(Cc2ccccc2F)C2CC2)CC1. The topological polar surface area (TPSA) is 57.6 Å². The van der Waals surface area contributed by atoms with E-state index < -0.39 is 5.97 Å². The molecule has 1 aromatic rings. The van der Waals surface area contributed by atoms with Crippen LogP contribution in [-0.2, 0) is 16.1 Å². The highest BCUT2D eigenvalue weighted by molar-refractivity contribution is 5.80. The van der Waals surface area contributed by atoms with Crippen molar-refractivity contribution in [1.29, 1.82) is 0 Å². The second-order valence-corrected chi connectivity index (χ2v) is 6.68. The quantitative estimate of drug-likeness (QED) is 0.906. The molecule has 1 amide bonds. The molecule has 0 spiro atoms. The van der Waals surface area contributed by atoms with Crippen LogP contribution in [0.4, 0.5) is 4.39 Å². The lowest BCUT2D eigenvalue weighted by molar-refractivity contribution is -0.146. The molecule has 3 rings (SSSR count). The second-order valence-electron chi connectivity index (χ2n) is 6.68. The van der Waals surface area contributed by atoms with E-state index in [1.54, 1.807) is 18.2 Å². The van der Waals surface area contributed by atoms with Gasteiger partial charge in [0.05, 0.1) is 5.92 Å². The van der Waals surface area contributed by atoms with Gasteiger partial charge in [0.1, 0.15) is 5.82 Å². The fourth-order valence-electron chi connectivity index (χ4n) is 3.41. The Bertz CT molecular complexity index is 592. The van der Waals surface area contributed by atoms with E-state index in [1.165, 1.54) is 6.07 Å². The fraction of sp³-hybridized carbons (Fsp3) is 0.556. The van der Waals surface area contributed by atoms with E-state index >= 15 is 0 Å². The summed E-state index contributed by atoms with van der Waals surface area (Å²) in [6.07, 6.45) is 4.32. The molecule has 0 unspecified atom stereocenters. The highest BCUT2D eigenvalue weighted by Crippen LogP contribution is 2.35. The molecule has 2 saturated carbocycles. The molecular formula is C18H22FNO3.